The molecule has 0 radical (unpaired) electrons. The topological polar surface area (TPSA) is 102 Å². The number of imidazole rings is 1. The molecule has 1 N–H and O–H groups in total. The zero-order valence-electron chi connectivity index (χ0n) is 19.2. The maximum absolute atomic E-state index is 14.2. The van der Waals surface area contributed by atoms with Gasteiger partial charge in [0.1, 0.15) is 22.6 Å². The Labute approximate surface area is 189 Å². The Morgan fingerprint density at radius 3 is 2.58 bits per heavy atom. The van der Waals surface area contributed by atoms with Gasteiger partial charge in [0, 0.05) is 30.7 Å². The Morgan fingerprint density at radius 2 is 1.91 bits per heavy atom. The van der Waals surface area contributed by atoms with Gasteiger partial charge in [-0.15, -0.1) is 0 Å². The molecule has 3 aromatic heterocycles. The van der Waals surface area contributed by atoms with Gasteiger partial charge in [-0.05, 0) is 45.0 Å². The molecule has 33 heavy (non-hydrogen) atoms. The number of aromatic nitrogens is 4. The second-order valence-electron chi connectivity index (χ2n) is 8.69. The fourth-order valence-electron chi connectivity index (χ4n) is 3.57. The summed E-state index contributed by atoms with van der Waals surface area (Å²) in [4.78, 5) is 38.1. The first-order valence-corrected chi connectivity index (χ1v) is 10.2. The number of nitrogens with one attached hydrogen (secondary N) is 1. The zero-order chi connectivity index (χ0) is 24.1. The summed E-state index contributed by atoms with van der Waals surface area (Å²) in [6, 6.07) is 5.77. The van der Waals surface area contributed by atoms with E-state index in [-0.39, 0.29) is 5.56 Å². The first kappa shape index (κ1) is 22.3. The van der Waals surface area contributed by atoms with Crippen molar-refractivity contribution < 1.29 is 23.5 Å². The van der Waals surface area contributed by atoms with Crippen LogP contribution in [0.4, 0.5) is 15.0 Å². The molecule has 0 fully saturated rings. The third kappa shape index (κ3) is 4.11. The predicted octanol–water partition coefficient (Wildman–Crippen LogP) is 4.41. The largest absolute Gasteiger partial charge is 0.465 e. The highest BCUT2D eigenvalue weighted by Gasteiger charge is 2.25. The first-order valence-electron chi connectivity index (χ1n) is 10.2. The number of esters is 1. The highest BCUT2D eigenvalue weighted by Crippen LogP contribution is 2.33. The van der Waals surface area contributed by atoms with E-state index in [1.165, 1.54) is 24.1 Å². The van der Waals surface area contributed by atoms with Crippen molar-refractivity contribution in [1.82, 2.24) is 19.5 Å². The number of methoxy groups -OCH3 is 1. The molecule has 0 aliphatic rings. The number of benzene rings is 1. The molecule has 0 spiro atoms. The number of nitrogens with zero attached hydrogens (tertiary/aromatic N) is 4. The Hall–Kier alpha value is -3.95. The van der Waals surface area contributed by atoms with E-state index in [9.17, 15) is 14.0 Å². The lowest BCUT2D eigenvalue weighted by Gasteiger charge is -2.24. The van der Waals surface area contributed by atoms with E-state index in [0.717, 1.165) is 17.0 Å². The van der Waals surface area contributed by atoms with E-state index in [4.69, 9.17) is 9.47 Å². The molecular formula is C23H24FN5O4. The van der Waals surface area contributed by atoms with Gasteiger partial charge in [0.05, 0.1) is 24.5 Å². The second-order valence-corrected chi connectivity index (χ2v) is 8.69. The van der Waals surface area contributed by atoms with Crippen LogP contribution in [-0.2, 0) is 16.5 Å². The molecule has 0 atom stereocenters. The van der Waals surface area contributed by atoms with E-state index in [1.807, 2.05) is 11.6 Å². The molecule has 0 saturated carbocycles. The Kier molecular flexibility index (Phi) is 5.31. The van der Waals surface area contributed by atoms with E-state index in [0.29, 0.717) is 28.2 Å². The highest BCUT2D eigenvalue weighted by atomic mass is 19.1. The van der Waals surface area contributed by atoms with Crippen molar-refractivity contribution in [2.24, 2.45) is 7.05 Å². The maximum atomic E-state index is 14.2. The van der Waals surface area contributed by atoms with Crippen LogP contribution in [0, 0.1) is 5.82 Å². The van der Waals surface area contributed by atoms with Crippen LogP contribution in [0.15, 0.2) is 30.6 Å². The Balaban J connectivity index is 1.88. The van der Waals surface area contributed by atoms with Crippen molar-refractivity contribution in [1.29, 1.82) is 0 Å². The number of carbonyl (C=O) groups is 2. The number of hydrogen-bond acceptors (Lipinski definition) is 6. The van der Waals surface area contributed by atoms with Gasteiger partial charge in [-0.25, -0.2) is 23.9 Å². The number of carbonyl (C=O) groups excluding carboxylic acids is 2. The van der Waals surface area contributed by atoms with Gasteiger partial charge >= 0.3 is 12.1 Å². The number of pyridine rings is 1. The summed E-state index contributed by atoms with van der Waals surface area (Å²) in [5.74, 6) is -0.897. The average Bonchev–Trinajstić information content (AvgIpc) is 3.33. The quantitative estimate of drug-likeness (QED) is 0.461. The molecule has 3 heterocycles. The summed E-state index contributed by atoms with van der Waals surface area (Å²) < 4.78 is 26.2. The predicted molar refractivity (Wildman–Crippen MR) is 122 cm³/mol. The molecule has 0 bridgehead atoms. The third-order valence-corrected chi connectivity index (χ3v) is 5.03. The van der Waals surface area contributed by atoms with Gasteiger partial charge in [0.15, 0.2) is 5.82 Å². The zero-order valence-corrected chi connectivity index (χ0v) is 19.2. The van der Waals surface area contributed by atoms with Gasteiger partial charge in [-0.2, -0.15) is 0 Å². The standard InChI is InChI=1S/C23H24FN5O4/c1-23(2,3)33-22(31)29(5)20-17-18(28(4)11-25-17)15-10-16(26-19(15)27-20)12-7-13(21(30)32-6)9-14(24)8-12/h7-11H,1-6H3,(H,26,27). The normalized spacial score (nSPS) is 11.7. The number of fused-ring (bicyclic) bond motifs is 3. The van der Waals surface area contributed by atoms with Crippen LogP contribution in [0.25, 0.3) is 33.3 Å². The van der Waals surface area contributed by atoms with Gasteiger partial charge in [0.2, 0.25) is 0 Å². The molecule has 172 valence electrons. The molecule has 9 nitrogen and oxygen atoms in total. The lowest BCUT2D eigenvalue weighted by molar-refractivity contribution is 0.0583. The Morgan fingerprint density at radius 1 is 1.18 bits per heavy atom. The molecule has 0 saturated heterocycles. The summed E-state index contributed by atoms with van der Waals surface area (Å²) in [5.41, 5.74) is 2.13. The number of aryl methyl sites for hydroxylation is 1. The van der Waals surface area contributed by atoms with E-state index in [1.54, 1.807) is 40.2 Å². The number of halogens is 1. The van der Waals surface area contributed by atoms with Crippen molar-refractivity contribution in [2.75, 3.05) is 19.1 Å². The highest BCUT2D eigenvalue weighted by molar-refractivity contribution is 6.09. The SMILES string of the molecule is COC(=O)c1cc(F)cc(-c2cc3c(nc(N(C)C(=O)OC(C)(C)C)c4ncn(C)c43)[nH]2)c1. The first-order chi connectivity index (χ1) is 15.5. The van der Waals surface area contributed by atoms with Gasteiger partial charge in [0.25, 0.3) is 0 Å². The minimum absolute atomic E-state index is 0.0927. The van der Waals surface area contributed by atoms with Crippen molar-refractivity contribution in [3.63, 3.8) is 0 Å². The van der Waals surface area contributed by atoms with Crippen LogP contribution in [-0.4, -0.2) is 51.3 Å². The van der Waals surface area contributed by atoms with Crippen molar-refractivity contribution in [3.05, 3.63) is 42.0 Å². The third-order valence-electron chi connectivity index (χ3n) is 5.03. The molecule has 0 aliphatic carbocycles. The molecule has 10 heteroatoms. The molecule has 4 rings (SSSR count). The van der Waals surface area contributed by atoms with Crippen LogP contribution < -0.4 is 4.90 Å². The van der Waals surface area contributed by atoms with Gasteiger partial charge in [-0.1, -0.05) is 0 Å². The number of amides is 1. The minimum Gasteiger partial charge on any atom is -0.465 e. The number of H-pyrrole nitrogens is 1. The lowest BCUT2D eigenvalue weighted by Crippen LogP contribution is -2.34. The number of ether oxygens (including phenoxy) is 2. The molecular weight excluding hydrogens is 429 g/mol. The van der Waals surface area contributed by atoms with Crippen LogP contribution >= 0.6 is 0 Å². The fourth-order valence-corrected chi connectivity index (χ4v) is 3.57. The molecule has 0 aliphatic heterocycles. The van der Waals surface area contributed by atoms with Gasteiger partial charge < -0.3 is 19.0 Å². The second kappa shape index (κ2) is 7.88. The van der Waals surface area contributed by atoms with Crippen LogP contribution in [0.2, 0.25) is 0 Å². The van der Waals surface area contributed by atoms with Crippen molar-refractivity contribution in [2.45, 2.75) is 26.4 Å². The summed E-state index contributed by atoms with van der Waals surface area (Å²) in [5, 5.41) is 0.727. The van der Waals surface area contributed by atoms with Crippen molar-refractivity contribution in [3.8, 4) is 11.3 Å². The van der Waals surface area contributed by atoms with E-state index >= 15 is 0 Å². The number of hydrogen-bond donors (Lipinski definition) is 1. The fraction of sp³-hybridized carbons (Fsp3) is 0.304. The molecule has 4 aromatic rings. The average molecular weight is 453 g/mol. The smallest absolute Gasteiger partial charge is 0.415 e. The molecule has 0 unspecified atom stereocenters. The summed E-state index contributed by atoms with van der Waals surface area (Å²) in [7, 11) is 4.63. The number of aromatic amines is 1. The maximum Gasteiger partial charge on any atom is 0.415 e. The van der Waals surface area contributed by atoms with Crippen molar-refractivity contribution >= 4 is 39.9 Å². The van der Waals surface area contributed by atoms with Crippen LogP contribution in [0.5, 0.6) is 0 Å². The summed E-state index contributed by atoms with van der Waals surface area (Å²) in [6.07, 6.45) is 1.06. The minimum atomic E-state index is -0.674. The van der Waals surface area contributed by atoms with Crippen LogP contribution in [0.3, 0.4) is 0 Å². The van der Waals surface area contributed by atoms with Crippen LogP contribution in [0.1, 0.15) is 31.1 Å². The summed E-state index contributed by atoms with van der Waals surface area (Å²) in [6.45, 7) is 5.35. The monoisotopic (exact) mass is 453 g/mol. The van der Waals surface area contributed by atoms with E-state index < -0.39 is 23.5 Å². The molecule has 1 amide bonds. The summed E-state index contributed by atoms with van der Waals surface area (Å²) >= 11 is 0. The Bertz CT molecular complexity index is 1400. The number of anilines is 1. The molecule has 1 aromatic carbocycles. The van der Waals surface area contributed by atoms with E-state index in [2.05, 4.69) is 15.0 Å². The lowest BCUT2D eigenvalue weighted by atomic mass is 10.1. The van der Waals surface area contributed by atoms with Gasteiger partial charge in [-0.3, -0.25) is 4.90 Å². The number of rotatable bonds is 3.